The van der Waals surface area contributed by atoms with Crippen molar-refractivity contribution >= 4 is 17.6 Å². The average molecular weight is 288 g/mol. The van der Waals surface area contributed by atoms with Crippen molar-refractivity contribution in [3.05, 3.63) is 42.5 Å². The Morgan fingerprint density at radius 3 is 3.10 bits per heavy atom. The Labute approximate surface area is 119 Å². The van der Waals surface area contributed by atoms with Crippen LogP contribution in [0.2, 0.25) is 0 Å². The van der Waals surface area contributed by atoms with E-state index in [4.69, 9.17) is 9.15 Å². The van der Waals surface area contributed by atoms with E-state index in [1.807, 2.05) is 6.07 Å². The normalized spacial score (nSPS) is 10.5. The lowest BCUT2D eigenvalue weighted by atomic mass is 10.5. The molecule has 0 spiro atoms. The lowest BCUT2D eigenvalue weighted by Crippen LogP contribution is -2.10. The Balaban J connectivity index is 1.74. The van der Waals surface area contributed by atoms with Crippen LogP contribution in [0, 0.1) is 0 Å². The molecule has 0 bridgehead atoms. The Bertz CT molecular complexity index is 751. The van der Waals surface area contributed by atoms with Gasteiger partial charge in [-0.2, -0.15) is 0 Å². The van der Waals surface area contributed by atoms with Crippen molar-refractivity contribution in [1.29, 1.82) is 0 Å². The molecule has 0 saturated carbocycles. The van der Waals surface area contributed by atoms with Crippen molar-refractivity contribution in [3.8, 4) is 5.88 Å². The molecule has 21 heavy (non-hydrogen) atoms. The predicted octanol–water partition coefficient (Wildman–Crippen LogP) is 2.08. The molecular formula is C13H12N4O4. The number of amides is 1. The van der Waals surface area contributed by atoms with E-state index in [-0.39, 0.29) is 6.61 Å². The van der Waals surface area contributed by atoms with Crippen LogP contribution >= 0.6 is 0 Å². The fraction of sp³-hybridized carbons (Fsp3) is 0.154. The van der Waals surface area contributed by atoms with Crippen LogP contribution in [0.4, 0.5) is 10.6 Å². The quantitative estimate of drug-likeness (QED) is 0.790. The molecule has 0 fully saturated rings. The highest BCUT2D eigenvalue weighted by molar-refractivity contribution is 5.83. The maximum Gasteiger partial charge on any atom is 0.412 e. The summed E-state index contributed by atoms with van der Waals surface area (Å²) in [5.41, 5.74) is 0.576. The highest BCUT2D eigenvalue weighted by Crippen LogP contribution is 2.14. The summed E-state index contributed by atoms with van der Waals surface area (Å²) in [5.74, 6) is 1.47. The lowest BCUT2D eigenvalue weighted by molar-refractivity contribution is 0.187. The minimum absolute atomic E-state index is 0.285. The molecule has 0 aliphatic carbocycles. The van der Waals surface area contributed by atoms with Crippen molar-refractivity contribution in [2.24, 2.45) is 0 Å². The van der Waals surface area contributed by atoms with Gasteiger partial charge >= 0.3 is 6.09 Å². The number of hydrogen-bond acceptors (Lipinski definition) is 6. The first-order valence-electron chi connectivity index (χ1n) is 6.11. The fourth-order valence-corrected chi connectivity index (χ4v) is 1.70. The van der Waals surface area contributed by atoms with E-state index in [0.29, 0.717) is 23.1 Å². The predicted molar refractivity (Wildman–Crippen MR) is 72.1 cm³/mol. The molecule has 1 N–H and O–H groups in total. The number of ether oxygens (including phenoxy) is 2. The van der Waals surface area contributed by atoms with E-state index < -0.39 is 6.09 Å². The van der Waals surface area contributed by atoms with Crippen LogP contribution in [0.3, 0.4) is 0 Å². The minimum atomic E-state index is -0.590. The molecule has 8 nitrogen and oxygen atoms in total. The third kappa shape index (κ3) is 2.94. The fourth-order valence-electron chi connectivity index (χ4n) is 1.70. The Hall–Kier alpha value is -3.03. The van der Waals surface area contributed by atoms with Crippen molar-refractivity contribution < 1.29 is 18.7 Å². The number of hydrogen-bond donors (Lipinski definition) is 1. The van der Waals surface area contributed by atoms with Gasteiger partial charge in [-0.25, -0.2) is 14.3 Å². The molecule has 0 saturated heterocycles. The van der Waals surface area contributed by atoms with Gasteiger partial charge in [0.2, 0.25) is 5.88 Å². The Morgan fingerprint density at radius 1 is 1.43 bits per heavy atom. The van der Waals surface area contributed by atoms with Crippen LogP contribution in [0.15, 0.2) is 41.1 Å². The van der Waals surface area contributed by atoms with E-state index in [9.17, 15) is 4.79 Å². The number of aromatic nitrogens is 3. The number of fused-ring (bicyclic) bond motifs is 1. The Kier molecular flexibility index (Phi) is 3.42. The van der Waals surface area contributed by atoms with Crippen LogP contribution in [-0.2, 0) is 11.3 Å². The standard InChI is InChI=1S/C13H12N4O4/c1-19-13(18)15-10-7-17-11(14-10)4-5-12(16-17)21-8-9-3-2-6-20-9/h2-7H,8H2,1H3,(H,15,18). The number of nitrogens with zero attached hydrogens (tertiary/aromatic N) is 3. The molecule has 1 amide bonds. The molecule has 0 radical (unpaired) electrons. The van der Waals surface area contributed by atoms with E-state index in [0.717, 1.165) is 0 Å². The zero-order valence-electron chi connectivity index (χ0n) is 11.1. The van der Waals surface area contributed by atoms with Gasteiger partial charge in [-0.05, 0) is 18.2 Å². The number of nitrogens with one attached hydrogen (secondary N) is 1. The van der Waals surface area contributed by atoms with Crippen LogP contribution < -0.4 is 10.1 Å². The largest absolute Gasteiger partial charge is 0.468 e. The van der Waals surface area contributed by atoms with Gasteiger partial charge in [0, 0.05) is 6.07 Å². The zero-order valence-corrected chi connectivity index (χ0v) is 11.1. The van der Waals surface area contributed by atoms with Crippen LogP contribution in [0.25, 0.3) is 5.65 Å². The van der Waals surface area contributed by atoms with Crippen molar-refractivity contribution in [2.45, 2.75) is 6.61 Å². The topological polar surface area (TPSA) is 90.9 Å². The molecule has 8 heteroatoms. The smallest absolute Gasteiger partial charge is 0.412 e. The number of furan rings is 1. The maximum atomic E-state index is 11.1. The second kappa shape index (κ2) is 5.53. The van der Waals surface area contributed by atoms with E-state index >= 15 is 0 Å². The highest BCUT2D eigenvalue weighted by atomic mass is 16.5. The number of anilines is 1. The van der Waals surface area contributed by atoms with Crippen molar-refractivity contribution in [3.63, 3.8) is 0 Å². The summed E-state index contributed by atoms with van der Waals surface area (Å²) in [6.07, 6.45) is 2.55. The number of imidazole rings is 1. The summed E-state index contributed by atoms with van der Waals surface area (Å²) in [5, 5.41) is 6.69. The highest BCUT2D eigenvalue weighted by Gasteiger charge is 2.08. The molecule has 0 aromatic carbocycles. The van der Waals surface area contributed by atoms with E-state index in [1.165, 1.54) is 11.6 Å². The first-order chi connectivity index (χ1) is 10.2. The average Bonchev–Trinajstić information content (AvgIpc) is 3.13. The van der Waals surface area contributed by atoms with Gasteiger partial charge < -0.3 is 13.9 Å². The van der Waals surface area contributed by atoms with E-state index in [1.54, 1.807) is 30.7 Å². The monoisotopic (exact) mass is 288 g/mol. The second-order valence-electron chi connectivity index (χ2n) is 4.09. The number of methoxy groups -OCH3 is 1. The minimum Gasteiger partial charge on any atom is -0.468 e. The van der Waals surface area contributed by atoms with Gasteiger partial charge in [-0.1, -0.05) is 0 Å². The third-order valence-electron chi connectivity index (χ3n) is 2.65. The van der Waals surface area contributed by atoms with Gasteiger partial charge in [-0.3, -0.25) is 5.32 Å². The summed E-state index contributed by atoms with van der Waals surface area (Å²) >= 11 is 0. The molecule has 0 aliphatic rings. The summed E-state index contributed by atoms with van der Waals surface area (Å²) in [6.45, 7) is 0.285. The summed E-state index contributed by atoms with van der Waals surface area (Å²) in [7, 11) is 1.28. The van der Waals surface area contributed by atoms with Crippen LogP contribution in [0.5, 0.6) is 5.88 Å². The van der Waals surface area contributed by atoms with Gasteiger partial charge in [0.25, 0.3) is 0 Å². The van der Waals surface area contributed by atoms with Crippen LogP contribution in [0.1, 0.15) is 5.76 Å². The van der Waals surface area contributed by atoms with Gasteiger partial charge in [0.15, 0.2) is 11.5 Å². The molecule has 0 unspecified atom stereocenters. The molecule has 0 aliphatic heterocycles. The molecule has 108 valence electrons. The third-order valence-corrected chi connectivity index (χ3v) is 2.65. The Morgan fingerprint density at radius 2 is 2.33 bits per heavy atom. The first kappa shape index (κ1) is 13.0. The van der Waals surface area contributed by atoms with Crippen molar-refractivity contribution in [2.75, 3.05) is 12.4 Å². The van der Waals surface area contributed by atoms with Crippen LogP contribution in [-0.4, -0.2) is 27.8 Å². The zero-order chi connectivity index (χ0) is 14.7. The summed E-state index contributed by atoms with van der Waals surface area (Å²) in [6, 6.07) is 7.02. The molecule has 3 aromatic heterocycles. The molecular weight excluding hydrogens is 276 g/mol. The summed E-state index contributed by atoms with van der Waals surface area (Å²) in [4.78, 5) is 15.3. The molecule has 0 atom stereocenters. The van der Waals surface area contributed by atoms with Gasteiger partial charge in [-0.15, -0.1) is 5.10 Å². The summed E-state index contributed by atoms with van der Waals surface area (Å²) < 4.78 is 16.7. The van der Waals surface area contributed by atoms with Gasteiger partial charge in [0.1, 0.15) is 12.4 Å². The van der Waals surface area contributed by atoms with Gasteiger partial charge in [0.05, 0.1) is 19.6 Å². The number of carbonyl (C=O) groups excluding carboxylic acids is 1. The first-order valence-corrected chi connectivity index (χ1v) is 6.11. The van der Waals surface area contributed by atoms with E-state index in [2.05, 4.69) is 20.1 Å². The number of carbonyl (C=O) groups is 1. The maximum absolute atomic E-state index is 11.1. The SMILES string of the molecule is COC(=O)Nc1cn2nc(OCc3ccco3)ccc2n1. The molecule has 3 heterocycles. The lowest BCUT2D eigenvalue weighted by Gasteiger charge is -2.02. The molecule has 3 rings (SSSR count). The molecule has 3 aromatic rings. The van der Waals surface area contributed by atoms with Crippen molar-refractivity contribution in [1.82, 2.24) is 14.6 Å². The second-order valence-corrected chi connectivity index (χ2v) is 4.09. The number of rotatable bonds is 4.